The van der Waals surface area contributed by atoms with Crippen LogP contribution >= 0.6 is 0 Å². The van der Waals surface area contributed by atoms with Crippen molar-refractivity contribution < 1.29 is 9.53 Å². The standard InChI is InChI=1S/C25H26N4O2/c30-24(28-22-13-10-18-6-2-3-7-21(18)22)19-8-11-20(12-9-19)31-25-23(26-14-15-27-25)29-16-4-1-5-17-29/h2-3,6-9,11-12,14-15,22H,1,4-5,10,13,16-17H2,(H,28,30). The summed E-state index contributed by atoms with van der Waals surface area (Å²) in [6.45, 7) is 1.94. The van der Waals surface area contributed by atoms with Crippen molar-refractivity contribution >= 4 is 11.7 Å². The van der Waals surface area contributed by atoms with E-state index in [0.29, 0.717) is 17.2 Å². The zero-order valence-corrected chi connectivity index (χ0v) is 17.5. The maximum atomic E-state index is 12.8. The largest absolute Gasteiger partial charge is 0.436 e. The van der Waals surface area contributed by atoms with E-state index in [-0.39, 0.29) is 11.9 Å². The lowest BCUT2D eigenvalue weighted by Crippen LogP contribution is -2.30. The van der Waals surface area contributed by atoms with E-state index < -0.39 is 0 Å². The van der Waals surface area contributed by atoms with Crippen molar-refractivity contribution in [1.82, 2.24) is 15.3 Å². The molecule has 0 saturated carbocycles. The van der Waals surface area contributed by atoms with Gasteiger partial charge in [-0.15, -0.1) is 0 Å². The summed E-state index contributed by atoms with van der Waals surface area (Å²) in [7, 11) is 0. The van der Waals surface area contributed by atoms with Gasteiger partial charge in [-0.25, -0.2) is 9.97 Å². The highest BCUT2D eigenvalue weighted by Crippen LogP contribution is 2.32. The van der Waals surface area contributed by atoms with Crippen LogP contribution in [0.2, 0.25) is 0 Å². The molecule has 0 radical (unpaired) electrons. The molecule has 0 bridgehead atoms. The van der Waals surface area contributed by atoms with Crippen molar-refractivity contribution in [1.29, 1.82) is 0 Å². The molecular weight excluding hydrogens is 388 g/mol. The zero-order valence-electron chi connectivity index (χ0n) is 17.5. The van der Waals surface area contributed by atoms with Gasteiger partial charge in [0.15, 0.2) is 5.82 Å². The summed E-state index contributed by atoms with van der Waals surface area (Å²) in [6.07, 6.45) is 8.86. The van der Waals surface area contributed by atoms with Crippen LogP contribution in [0.3, 0.4) is 0 Å². The van der Waals surface area contributed by atoms with Gasteiger partial charge in [-0.2, -0.15) is 0 Å². The van der Waals surface area contributed by atoms with Crippen LogP contribution in [0.1, 0.15) is 53.2 Å². The first-order chi connectivity index (χ1) is 15.3. The minimum Gasteiger partial charge on any atom is -0.436 e. The average Bonchev–Trinajstić information content (AvgIpc) is 3.23. The predicted octanol–water partition coefficient (Wildman–Crippen LogP) is 4.68. The minimum absolute atomic E-state index is 0.0678. The molecular formula is C25H26N4O2. The summed E-state index contributed by atoms with van der Waals surface area (Å²) in [5.41, 5.74) is 3.17. The summed E-state index contributed by atoms with van der Waals surface area (Å²) >= 11 is 0. The van der Waals surface area contributed by atoms with Crippen LogP contribution in [0.15, 0.2) is 60.9 Å². The molecule has 1 atom stereocenters. The first-order valence-corrected chi connectivity index (χ1v) is 11.0. The maximum Gasteiger partial charge on any atom is 0.263 e. The Bertz CT molecular complexity index is 1060. The van der Waals surface area contributed by atoms with Gasteiger partial charge >= 0.3 is 0 Å². The van der Waals surface area contributed by atoms with Gasteiger partial charge in [-0.05, 0) is 67.5 Å². The summed E-state index contributed by atoms with van der Waals surface area (Å²) in [4.78, 5) is 23.9. The Kier molecular flexibility index (Phi) is 5.52. The van der Waals surface area contributed by atoms with Gasteiger partial charge in [-0.1, -0.05) is 24.3 Å². The van der Waals surface area contributed by atoms with Crippen molar-refractivity contribution in [3.8, 4) is 11.6 Å². The first-order valence-electron chi connectivity index (χ1n) is 11.0. The lowest BCUT2D eigenvalue weighted by atomic mass is 10.1. The van der Waals surface area contributed by atoms with Crippen LogP contribution in [0.5, 0.6) is 11.6 Å². The molecule has 1 aliphatic carbocycles. The van der Waals surface area contributed by atoms with E-state index >= 15 is 0 Å². The molecule has 1 aromatic heterocycles. The summed E-state index contributed by atoms with van der Waals surface area (Å²) in [5.74, 6) is 1.86. The average molecular weight is 415 g/mol. The second-order valence-corrected chi connectivity index (χ2v) is 8.12. The lowest BCUT2D eigenvalue weighted by Gasteiger charge is -2.28. The molecule has 0 spiro atoms. The smallest absolute Gasteiger partial charge is 0.263 e. The van der Waals surface area contributed by atoms with Crippen LogP contribution in [-0.4, -0.2) is 29.0 Å². The second-order valence-electron chi connectivity index (χ2n) is 8.12. The first kappa shape index (κ1) is 19.5. The molecule has 2 aromatic carbocycles. The molecule has 1 N–H and O–H groups in total. The molecule has 1 unspecified atom stereocenters. The number of aryl methyl sites for hydroxylation is 1. The molecule has 6 heteroatoms. The molecule has 1 amide bonds. The monoisotopic (exact) mass is 414 g/mol. The van der Waals surface area contributed by atoms with Crippen molar-refractivity contribution in [2.75, 3.05) is 18.0 Å². The Labute approximate surface area is 182 Å². The molecule has 1 aliphatic heterocycles. The van der Waals surface area contributed by atoms with Gasteiger partial charge in [0, 0.05) is 31.0 Å². The molecule has 2 heterocycles. The minimum atomic E-state index is -0.0678. The Morgan fingerprint density at radius 1 is 0.968 bits per heavy atom. The van der Waals surface area contributed by atoms with Crippen molar-refractivity contribution in [3.63, 3.8) is 0 Å². The van der Waals surface area contributed by atoms with Gasteiger partial charge in [0.1, 0.15) is 5.75 Å². The Morgan fingerprint density at radius 3 is 2.58 bits per heavy atom. The normalized spacial score (nSPS) is 17.8. The van der Waals surface area contributed by atoms with E-state index in [1.807, 2.05) is 18.2 Å². The summed E-state index contributed by atoms with van der Waals surface area (Å²) in [5, 5.41) is 3.16. The number of anilines is 1. The number of hydrogen-bond acceptors (Lipinski definition) is 5. The van der Waals surface area contributed by atoms with E-state index in [1.54, 1.807) is 24.5 Å². The van der Waals surface area contributed by atoms with Gasteiger partial charge < -0.3 is 15.0 Å². The van der Waals surface area contributed by atoms with Crippen LogP contribution < -0.4 is 15.0 Å². The van der Waals surface area contributed by atoms with Gasteiger partial charge in [0.05, 0.1) is 6.04 Å². The Hall–Kier alpha value is -3.41. The van der Waals surface area contributed by atoms with E-state index in [9.17, 15) is 4.79 Å². The highest BCUT2D eigenvalue weighted by Gasteiger charge is 2.24. The molecule has 5 rings (SSSR count). The lowest BCUT2D eigenvalue weighted by molar-refractivity contribution is 0.0936. The van der Waals surface area contributed by atoms with Crippen molar-refractivity contribution in [3.05, 3.63) is 77.6 Å². The van der Waals surface area contributed by atoms with Crippen LogP contribution in [-0.2, 0) is 6.42 Å². The second kappa shape index (κ2) is 8.76. The third-order valence-electron chi connectivity index (χ3n) is 6.07. The van der Waals surface area contributed by atoms with E-state index in [2.05, 4.69) is 38.4 Å². The van der Waals surface area contributed by atoms with E-state index in [0.717, 1.165) is 44.6 Å². The zero-order chi connectivity index (χ0) is 21.0. The highest BCUT2D eigenvalue weighted by atomic mass is 16.5. The number of carbonyl (C=O) groups excluding carboxylic acids is 1. The number of fused-ring (bicyclic) bond motifs is 1. The van der Waals surface area contributed by atoms with Crippen molar-refractivity contribution in [2.45, 2.75) is 38.1 Å². The molecule has 6 nitrogen and oxygen atoms in total. The molecule has 1 fully saturated rings. The number of benzene rings is 2. The predicted molar refractivity (Wildman–Crippen MR) is 120 cm³/mol. The number of nitrogens with one attached hydrogen (secondary N) is 1. The number of amides is 1. The number of ether oxygens (including phenoxy) is 1. The molecule has 3 aromatic rings. The quantitative estimate of drug-likeness (QED) is 0.657. The van der Waals surface area contributed by atoms with Gasteiger partial charge in [0.2, 0.25) is 0 Å². The van der Waals surface area contributed by atoms with Crippen LogP contribution in [0, 0.1) is 0 Å². The Morgan fingerprint density at radius 2 is 1.74 bits per heavy atom. The fourth-order valence-corrected chi connectivity index (χ4v) is 4.45. The number of hydrogen-bond donors (Lipinski definition) is 1. The molecule has 1 saturated heterocycles. The van der Waals surface area contributed by atoms with Gasteiger partial charge in [-0.3, -0.25) is 4.79 Å². The van der Waals surface area contributed by atoms with Crippen LogP contribution in [0.25, 0.3) is 0 Å². The third kappa shape index (κ3) is 4.24. The summed E-state index contributed by atoms with van der Waals surface area (Å²) < 4.78 is 6.03. The number of rotatable bonds is 5. The number of carbonyl (C=O) groups is 1. The third-order valence-corrected chi connectivity index (χ3v) is 6.07. The highest BCUT2D eigenvalue weighted by molar-refractivity contribution is 5.94. The fraction of sp³-hybridized carbons (Fsp3) is 0.320. The number of nitrogens with zero attached hydrogens (tertiary/aromatic N) is 3. The SMILES string of the molecule is O=C(NC1CCc2ccccc21)c1ccc(Oc2nccnc2N2CCCCC2)cc1. The molecule has 158 valence electrons. The topological polar surface area (TPSA) is 67.3 Å². The summed E-state index contributed by atoms with van der Waals surface area (Å²) in [6, 6.07) is 15.6. The number of aromatic nitrogens is 2. The maximum absolute atomic E-state index is 12.8. The van der Waals surface area contributed by atoms with E-state index in [4.69, 9.17) is 4.74 Å². The molecule has 2 aliphatic rings. The van der Waals surface area contributed by atoms with E-state index in [1.165, 1.54) is 17.5 Å². The number of piperidine rings is 1. The fourth-order valence-electron chi connectivity index (χ4n) is 4.45. The van der Waals surface area contributed by atoms with Crippen LogP contribution in [0.4, 0.5) is 5.82 Å². The van der Waals surface area contributed by atoms with Crippen molar-refractivity contribution in [2.24, 2.45) is 0 Å². The van der Waals surface area contributed by atoms with Gasteiger partial charge in [0.25, 0.3) is 11.8 Å². The Balaban J connectivity index is 1.26. The molecule has 31 heavy (non-hydrogen) atoms.